The number of anilines is 1. The van der Waals surface area contributed by atoms with Crippen LogP contribution in [0.5, 0.6) is 0 Å². The normalized spacial score (nSPS) is 16.9. The summed E-state index contributed by atoms with van der Waals surface area (Å²) < 4.78 is 21.2. The van der Waals surface area contributed by atoms with Gasteiger partial charge in [0.2, 0.25) is 0 Å². The number of halogens is 1. The fraction of sp³-hybridized carbons (Fsp3) is 0.357. The molecule has 0 aliphatic carbocycles. The molecule has 8 nitrogen and oxygen atoms in total. The average Bonchev–Trinajstić information content (AvgIpc) is 3.29. The maximum atomic E-state index is 13.7. The van der Waals surface area contributed by atoms with Gasteiger partial charge in [0.1, 0.15) is 17.5 Å². The molecule has 2 fully saturated rings. The van der Waals surface area contributed by atoms with Crippen LogP contribution in [0.3, 0.4) is 0 Å². The first-order valence-corrected chi connectivity index (χ1v) is 12.8. The first-order valence-electron chi connectivity index (χ1n) is 12.8. The number of hydrogen-bond acceptors (Lipinski definition) is 6. The Hall–Kier alpha value is -3.85. The number of para-hydroxylation sites is 1. The summed E-state index contributed by atoms with van der Waals surface area (Å²) in [6.45, 7) is 5.70. The van der Waals surface area contributed by atoms with Gasteiger partial charge >= 0.3 is 0 Å². The molecule has 37 heavy (non-hydrogen) atoms. The van der Waals surface area contributed by atoms with Crippen molar-refractivity contribution in [2.75, 3.05) is 44.3 Å². The number of rotatable bonds is 4. The Morgan fingerprint density at radius 2 is 1.73 bits per heavy atom. The van der Waals surface area contributed by atoms with Gasteiger partial charge in [-0.25, -0.2) is 19.0 Å². The van der Waals surface area contributed by atoms with E-state index in [4.69, 9.17) is 19.8 Å². The summed E-state index contributed by atoms with van der Waals surface area (Å²) in [6, 6.07) is 15.9. The monoisotopic (exact) mass is 500 g/mol. The lowest BCUT2D eigenvalue weighted by atomic mass is 9.99. The van der Waals surface area contributed by atoms with Crippen LogP contribution in [-0.2, 0) is 4.74 Å². The first kappa shape index (κ1) is 23.5. The molecule has 9 heteroatoms. The largest absolute Gasteiger partial charge is 0.381 e. The number of ether oxygens (including phenoxy) is 1. The lowest BCUT2D eigenvalue weighted by molar-refractivity contribution is 0.0746. The van der Waals surface area contributed by atoms with Crippen molar-refractivity contribution in [3.8, 4) is 5.69 Å². The predicted molar refractivity (Wildman–Crippen MR) is 139 cm³/mol. The quantitative estimate of drug-likeness (QED) is 0.420. The number of piperazine rings is 1. The zero-order valence-electron chi connectivity index (χ0n) is 20.8. The molecule has 4 aromatic rings. The lowest BCUT2D eigenvalue weighted by Crippen LogP contribution is -2.49. The van der Waals surface area contributed by atoms with E-state index in [1.54, 1.807) is 17.0 Å². The summed E-state index contributed by atoms with van der Waals surface area (Å²) in [5.74, 6) is 1.36. The van der Waals surface area contributed by atoms with Crippen molar-refractivity contribution in [2.45, 2.75) is 25.7 Å². The SMILES string of the molecule is Cc1nn(-c2ccccc2)c2nc(C3CCOCC3)nc(N3CCN(C(=O)c4cccc(F)c4)CC3)c12. The van der Waals surface area contributed by atoms with Crippen molar-refractivity contribution in [3.05, 3.63) is 77.5 Å². The zero-order chi connectivity index (χ0) is 25.4. The van der Waals surface area contributed by atoms with Crippen molar-refractivity contribution in [2.24, 2.45) is 0 Å². The third-order valence-corrected chi connectivity index (χ3v) is 7.23. The van der Waals surface area contributed by atoms with Gasteiger partial charge in [0.15, 0.2) is 5.65 Å². The van der Waals surface area contributed by atoms with Crippen LogP contribution in [0, 0.1) is 12.7 Å². The van der Waals surface area contributed by atoms with E-state index < -0.39 is 5.82 Å². The third-order valence-electron chi connectivity index (χ3n) is 7.23. The summed E-state index contributed by atoms with van der Waals surface area (Å²) in [7, 11) is 0. The molecule has 1 amide bonds. The Kier molecular flexibility index (Phi) is 6.30. The highest BCUT2D eigenvalue weighted by Crippen LogP contribution is 2.33. The third kappa shape index (κ3) is 4.55. The zero-order valence-corrected chi connectivity index (χ0v) is 20.8. The van der Waals surface area contributed by atoms with Gasteiger partial charge in [-0.1, -0.05) is 24.3 Å². The van der Waals surface area contributed by atoms with Gasteiger partial charge in [-0.2, -0.15) is 5.10 Å². The number of carbonyl (C=O) groups is 1. The Bertz CT molecular complexity index is 1430. The van der Waals surface area contributed by atoms with Gasteiger partial charge in [-0.3, -0.25) is 4.79 Å². The molecule has 2 saturated heterocycles. The van der Waals surface area contributed by atoms with E-state index >= 15 is 0 Å². The van der Waals surface area contributed by atoms with E-state index in [2.05, 4.69) is 4.90 Å². The summed E-state index contributed by atoms with van der Waals surface area (Å²) in [5, 5.41) is 5.79. The highest BCUT2D eigenvalue weighted by molar-refractivity contribution is 5.95. The van der Waals surface area contributed by atoms with E-state index in [-0.39, 0.29) is 11.8 Å². The minimum atomic E-state index is -0.403. The second kappa shape index (κ2) is 9.89. The molecule has 0 radical (unpaired) electrons. The molecule has 0 atom stereocenters. The van der Waals surface area contributed by atoms with Crippen LogP contribution in [0.25, 0.3) is 16.7 Å². The van der Waals surface area contributed by atoms with Gasteiger partial charge in [0.25, 0.3) is 5.91 Å². The predicted octanol–water partition coefficient (Wildman–Crippen LogP) is 4.12. The van der Waals surface area contributed by atoms with Crippen LogP contribution in [-0.4, -0.2) is 69.9 Å². The van der Waals surface area contributed by atoms with Gasteiger partial charge in [-0.05, 0) is 50.1 Å². The highest BCUT2D eigenvalue weighted by Gasteiger charge is 2.29. The second-order valence-electron chi connectivity index (χ2n) is 9.61. The molecule has 2 aliphatic heterocycles. The average molecular weight is 501 g/mol. The molecule has 0 spiro atoms. The highest BCUT2D eigenvalue weighted by atomic mass is 19.1. The Morgan fingerprint density at radius 3 is 2.46 bits per heavy atom. The maximum Gasteiger partial charge on any atom is 0.254 e. The summed E-state index contributed by atoms with van der Waals surface area (Å²) >= 11 is 0. The van der Waals surface area contributed by atoms with Gasteiger partial charge < -0.3 is 14.5 Å². The van der Waals surface area contributed by atoms with Gasteiger partial charge in [0, 0.05) is 50.9 Å². The van der Waals surface area contributed by atoms with Crippen LogP contribution in [0.2, 0.25) is 0 Å². The Balaban J connectivity index is 1.35. The standard InChI is InChI=1S/C28H29FN6O2/c1-19-24-26(33-12-14-34(15-13-33)28(36)21-6-5-7-22(29)18-21)30-25(20-10-16-37-17-11-20)31-27(24)35(32-19)23-8-3-2-4-9-23/h2-9,18,20H,10-17H2,1H3. The van der Waals surface area contributed by atoms with E-state index in [1.807, 2.05) is 41.9 Å². The topological polar surface area (TPSA) is 76.4 Å². The van der Waals surface area contributed by atoms with Crippen LogP contribution in [0.1, 0.15) is 40.6 Å². The summed E-state index contributed by atoms with van der Waals surface area (Å²) in [6.07, 6.45) is 1.78. The lowest BCUT2D eigenvalue weighted by Gasteiger charge is -2.36. The van der Waals surface area contributed by atoms with E-state index in [9.17, 15) is 9.18 Å². The Morgan fingerprint density at radius 1 is 0.973 bits per heavy atom. The van der Waals surface area contributed by atoms with Crippen molar-refractivity contribution in [1.29, 1.82) is 0 Å². The van der Waals surface area contributed by atoms with Crippen molar-refractivity contribution in [3.63, 3.8) is 0 Å². The molecule has 0 bridgehead atoms. The smallest absolute Gasteiger partial charge is 0.254 e. The molecule has 2 aromatic heterocycles. The molecule has 0 unspecified atom stereocenters. The van der Waals surface area contributed by atoms with E-state index in [0.29, 0.717) is 45.0 Å². The number of amides is 1. The van der Waals surface area contributed by atoms with Crippen LogP contribution in [0.4, 0.5) is 10.2 Å². The second-order valence-corrected chi connectivity index (χ2v) is 9.61. The number of aromatic nitrogens is 4. The van der Waals surface area contributed by atoms with Crippen molar-refractivity contribution < 1.29 is 13.9 Å². The molecule has 0 saturated carbocycles. The van der Waals surface area contributed by atoms with Crippen LogP contribution >= 0.6 is 0 Å². The fourth-order valence-corrected chi connectivity index (χ4v) is 5.22. The number of hydrogen-bond donors (Lipinski definition) is 0. The molecule has 2 aliphatic rings. The van der Waals surface area contributed by atoms with E-state index in [0.717, 1.165) is 46.9 Å². The van der Waals surface area contributed by atoms with Crippen LogP contribution < -0.4 is 4.90 Å². The minimum Gasteiger partial charge on any atom is -0.381 e. The van der Waals surface area contributed by atoms with Crippen molar-refractivity contribution >= 4 is 22.8 Å². The molecular formula is C28H29FN6O2. The number of nitrogens with zero attached hydrogens (tertiary/aromatic N) is 6. The van der Waals surface area contributed by atoms with E-state index in [1.165, 1.54) is 12.1 Å². The van der Waals surface area contributed by atoms with Crippen LogP contribution in [0.15, 0.2) is 54.6 Å². The number of aryl methyl sites for hydroxylation is 1. The first-order chi connectivity index (χ1) is 18.1. The number of fused-ring (bicyclic) bond motifs is 1. The Labute approximate surface area is 214 Å². The minimum absolute atomic E-state index is 0.150. The fourth-order valence-electron chi connectivity index (χ4n) is 5.22. The van der Waals surface area contributed by atoms with Crippen molar-refractivity contribution in [1.82, 2.24) is 24.6 Å². The summed E-state index contributed by atoms with van der Waals surface area (Å²) in [5.41, 5.74) is 2.99. The number of carbonyl (C=O) groups excluding carboxylic acids is 1. The number of benzene rings is 2. The van der Waals surface area contributed by atoms with Gasteiger partial charge in [0.05, 0.1) is 16.8 Å². The molecule has 4 heterocycles. The van der Waals surface area contributed by atoms with Gasteiger partial charge in [-0.15, -0.1) is 0 Å². The molecule has 0 N–H and O–H groups in total. The molecule has 6 rings (SSSR count). The maximum absolute atomic E-state index is 13.7. The summed E-state index contributed by atoms with van der Waals surface area (Å²) in [4.78, 5) is 27.1. The molecule has 2 aromatic carbocycles. The molecular weight excluding hydrogens is 471 g/mol. The molecule has 190 valence electrons.